The summed E-state index contributed by atoms with van der Waals surface area (Å²) < 4.78 is 34.2. The van der Waals surface area contributed by atoms with E-state index in [0.29, 0.717) is 25.3 Å². The Hall–Kier alpha value is -2.99. The topological polar surface area (TPSA) is 78.6 Å². The Balaban J connectivity index is 1.70. The van der Waals surface area contributed by atoms with Crippen LogP contribution in [-0.2, 0) is 16.4 Å². The second-order valence-corrected chi connectivity index (χ2v) is 10.1. The molecule has 0 radical (unpaired) electrons. The molecule has 0 amide bonds. The lowest BCUT2D eigenvalue weighted by Gasteiger charge is -2.15. The van der Waals surface area contributed by atoms with E-state index in [1.807, 2.05) is 48.5 Å². The van der Waals surface area contributed by atoms with Crippen molar-refractivity contribution >= 4 is 15.5 Å². The fourth-order valence-corrected chi connectivity index (χ4v) is 4.16. The van der Waals surface area contributed by atoms with E-state index in [0.717, 1.165) is 39.3 Å². The fourth-order valence-electron chi connectivity index (χ4n) is 3.52. The molecule has 0 atom stereocenters. The van der Waals surface area contributed by atoms with Crippen LogP contribution in [0.25, 0.3) is 11.1 Å². The molecule has 0 aliphatic rings. The van der Waals surface area contributed by atoms with Crippen molar-refractivity contribution < 1.29 is 17.9 Å². The maximum absolute atomic E-state index is 11.3. The molecule has 0 aliphatic heterocycles. The molecule has 0 saturated carbocycles. The summed E-state index contributed by atoms with van der Waals surface area (Å²) in [4.78, 5) is 0. The minimum Gasteiger partial charge on any atom is -0.494 e. The van der Waals surface area contributed by atoms with E-state index in [-0.39, 0.29) is 5.75 Å². The van der Waals surface area contributed by atoms with Crippen molar-refractivity contribution in [2.45, 2.75) is 26.9 Å². The third kappa shape index (κ3) is 6.76. The SMILES string of the molecule is Cc1cc(OCCCS(C)(=O)=O)cc(C)c1-c1cccc(COc2ccc(N)cc2)c1. The molecule has 3 aromatic rings. The van der Waals surface area contributed by atoms with E-state index in [9.17, 15) is 8.42 Å². The third-order valence-corrected chi connectivity index (χ3v) is 5.97. The van der Waals surface area contributed by atoms with Crippen molar-refractivity contribution in [3.05, 3.63) is 77.4 Å². The van der Waals surface area contributed by atoms with E-state index in [1.54, 1.807) is 0 Å². The third-order valence-electron chi connectivity index (χ3n) is 4.94. The van der Waals surface area contributed by atoms with Gasteiger partial charge in [-0.15, -0.1) is 0 Å². The summed E-state index contributed by atoms with van der Waals surface area (Å²) in [7, 11) is -2.96. The zero-order valence-corrected chi connectivity index (χ0v) is 19.0. The monoisotopic (exact) mass is 439 g/mol. The van der Waals surface area contributed by atoms with Gasteiger partial charge in [-0.05, 0) is 90.6 Å². The molecule has 6 heteroatoms. The van der Waals surface area contributed by atoms with Crippen molar-refractivity contribution in [1.29, 1.82) is 0 Å². The van der Waals surface area contributed by atoms with Crippen LogP contribution in [-0.4, -0.2) is 27.0 Å². The number of sulfone groups is 1. The number of hydrogen-bond acceptors (Lipinski definition) is 5. The lowest BCUT2D eigenvalue weighted by molar-refractivity contribution is 0.306. The average molecular weight is 440 g/mol. The standard InChI is InChI=1S/C25H29NO4S/c1-18-14-24(29-12-5-13-31(3,27)28)15-19(2)25(18)21-7-4-6-20(16-21)17-30-23-10-8-22(26)9-11-23/h4,6-11,14-16H,5,12-13,17,26H2,1-3H3. The van der Waals surface area contributed by atoms with Gasteiger partial charge in [-0.3, -0.25) is 0 Å². The van der Waals surface area contributed by atoms with Crippen molar-refractivity contribution in [1.82, 2.24) is 0 Å². The van der Waals surface area contributed by atoms with Gasteiger partial charge in [-0.2, -0.15) is 0 Å². The molecule has 0 spiro atoms. The van der Waals surface area contributed by atoms with Crippen molar-refractivity contribution in [2.75, 3.05) is 24.3 Å². The molecule has 5 nitrogen and oxygen atoms in total. The van der Waals surface area contributed by atoms with Crippen LogP contribution >= 0.6 is 0 Å². The van der Waals surface area contributed by atoms with Gasteiger partial charge in [0.05, 0.1) is 12.4 Å². The summed E-state index contributed by atoms with van der Waals surface area (Å²) in [5, 5.41) is 0. The van der Waals surface area contributed by atoms with Crippen LogP contribution in [0.4, 0.5) is 5.69 Å². The summed E-state index contributed by atoms with van der Waals surface area (Å²) in [5.74, 6) is 1.67. The normalized spacial score (nSPS) is 11.3. The van der Waals surface area contributed by atoms with Gasteiger partial charge in [-0.1, -0.05) is 18.2 Å². The average Bonchev–Trinajstić information content (AvgIpc) is 2.70. The van der Waals surface area contributed by atoms with Gasteiger partial charge in [0, 0.05) is 11.9 Å². The Labute approximate surface area is 184 Å². The molecule has 0 aliphatic carbocycles. The maximum atomic E-state index is 11.3. The van der Waals surface area contributed by atoms with E-state index in [4.69, 9.17) is 15.2 Å². The number of ether oxygens (including phenoxy) is 2. The highest BCUT2D eigenvalue weighted by Crippen LogP contribution is 2.32. The van der Waals surface area contributed by atoms with Crippen molar-refractivity contribution in [3.8, 4) is 22.6 Å². The van der Waals surface area contributed by atoms with Crippen molar-refractivity contribution in [2.24, 2.45) is 0 Å². The predicted molar refractivity (Wildman–Crippen MR) is 126 cm³/mol. The molecule has 164 valence electrons. The Morgan fingerprint density at radius 3 is 2.19 bits per heavy atom. The highest BCUT2D eigenvalue weighted by atomic mass is 32.2. The number of hydrogen-bond donors (Lipinski definition) is 1. The Morgan fingerprint density at radius 1 is 0.871 bits per heavy atom. The molecule has 0 fully saturated rings. The molecule has 31 heavy (non-hydrogen) atoms. The van der Waals surface area contributed by atoms with Crippen LogP contribution in [0.3, 0.4) is 0 Å². The number of aryl methyl sites for hydroxylation is 2. The Morgan fingerprint density at radius 2 is 1.55 bits per heavy atom. The van der Waals surface area contributed by atoms with Gasteiger partial charge in [0.25, 0.3) is 0 Å². The largest absolute Gasteiger partial charge is 0.494 e. The number of rotatable bonds is 9. The highest BCUT2D eigenvalue weighted by Gasteiger charge is 2.10. The number of anilines is 1. The minimum absolute atomic E-state index is 0.133. The first kappa shape index (κ1) is 22.7. The van der Waals surface area contributed by atoms with Gasteiger partial charge in [0.15, 0.2) is 0 Å². The van der Waals surface area contributed by atoms with E-state index >= 15 is 0 Å². The van der Waals surface area contributed by atoms with Gasteiger partial charge in [0.2, 0.25) is 0 Å². The van der Waals surface area contributed by atoms with Crippen molar-refractivity contribution in [3.63, 3.8) is 0 Å². The Bertz CT molecular complexity index is 1120. The summed E-state index contributed by atoms with van der Waals surface area (Å²) >= 11 is 0. The molecular formula is C25H29NO4S. The molecule has 2 N–H and O–H groups in total. The summed E-state index contributed by atoms with van der Waals surface area (Å²) in [6.45, 7) is 4.97. The molecule has 0 unspecified atom stereocenters. The highest BCUT2D eigenvalue weighted by molar-refractivity contribution is 7.90. The van der Waals surface area contributed by atoms with Gasteiger partial charge >= 0.3 is 0 Å². The zero-order valence-electron chi connectivity index (χ0n) is 18.2. The second-order valence-electron chi connectivity index (χ2n) is 7.82. The number of nitrogens with two attached hydrogens (primary N) is 1. The zero-order chi connectivity index (χ0) is 22.4. The minimum atomic E-state index is -2.96. The first-order valence-corrected chi connectivity index (χ1v) is 12.3. The van der Waals surface area contributed by atoms with Crippen LogP contribution in [0.2, 0.25) is 0 Å². The number of nitrogen functional groups attached to an aromatic ring is 1. The molecular weight excluding hydrogens is 410 g/mol. The fraction of sp³-hybridized carbons (Fsp3) is 0.280. The summed E-state index contributed by atoms with van der Waals surface area (Å²) in [6.07, 6.45) is 1.72. The van der Waals surface area contributed by atoms with E-state index in [2.05, 4.69) is 26.0 Å². The maximum Gasteiger partial charge on any atom is 0.147 e. The first-order valence-electron chi connectivity index (χ1n) is 10.2. The van der Waals surface area contributed by atoms with Crippen LogP contribution in [0.1, 0.15) is 23.1 Å². The Kier molecular flexibility index (Phi) is 7.23. The molecule has 0 bridgehead atoms. The number of benzene rings is 3. The smallest absolute Gasteiger partial charge is 0.147 e. The first-order chi connectivity index (χ1) is 14.7. The van der Waals surface area contributed by atoms with E-state index < -0.39 is 9.84 Å². The van der Waals surface area contributed by atoms with Crippen LogP contribution in [0.15, 0.2) is 60.7 Å². The molecule has 3 rings (SSSR count). The second kappa shape index (κ2) is 9.88. The van der Waals surface area contributed by atoms with Crippen LogP contribution in [0, 0.1) is 13.8 Å². The van der Waals surface area contributed by atoms with Crippen LogP contribution in [0.5, 0.6) is 11.5 Å². The van der Waals surface area contributed by atoms with Gasteiger partial charge in [-0.25, -0.2) is 8.42 Å². The lowest BCUT2D eigenvalue weighted by Crippen LogP contribution is -2.08. The summed E-state index contributed by atoms with van der Waals surface area (Å²) in [5.41, 5.74) is 12.0. The molecule has 0 aromatic heterocycles. The molecule has 3 aromatic carbocycles. The van der Waals surface area contributed by atoms with Crippen LogP contribution < -0.4 is 15.2 Å². The van der Waals surface area contributed by atoms with Gasteiger partial charge < -0.3 is 15.2 Å². The summed E-state index contributed by atoms with van der Waals surface area (Å²) in [6, 6.07) is 19.7. The lowest BCUT2D eigenvalue weighted by atomic mass is 9.94. The predicted octanol–water partition coefficient (Wildman–Crippen LogP) is 4.95. The quantitative estimate of drug-likeness (QED) is 0.377. The van der Waals surface area contributed by atoms with Gasteiger partial charge in [0.1, 0.15) is 27.9 Å². The molecule has 0 saturated heterocycles. The molecule has 0 heterocycles. The van der Waals surface area contributed by atoms with E-state index in [1.165, 1.54) is 6.26 Å².